The molecule has 3 rings (SSSR count). The first kappa shape index (κ1) is 17.5. The van der Waals surface area contributed by atoms with Crippen LogP contribution in [0.2, 0.25) is 0 Å². The van der Waals surface area contributed by atoms with Gasteiger partial charge in [0.05, 0.1) is 12.2 Å². The van der Waals surface area contributed by atoms with E-state index >= 15 is 0 Å². The van der Waals surface area contributed by atoms with Gasteiger partial charge in [-0.15, -0.1) is 0 Å². The van der Waals surface area contributed by atoms with Crippen molar-refractivity contribution >= 4 is 5.91 Å². The zero-order valence-electron chi connectivity index (χ0n) is 14.5. The monoisotopic (exact) mass is 348 g/mol. The molecular formula is C21H20N2O3. The molecule has 132 valence electrons. The number of hydrogen-bond donors (Lipinski definition) is 1. The summed E-state index contributed by atoms with van der Waals surface area (Å²) in [5.74, 6) is 2.01. The maximum absolute atomic E-state index is 12.1. The minimum Gasteiger partial charge on any atom is -0.494 e. The second-order valence-corrected chi connectivity index (χ2v) is 5.58. The third-order valence-electron chi connectivity index (χ3n) is 3.63. The predicted molar refractivity (Wildman–Crippen MR) is 99.5 cm³/mol. The number of hydrogen-bond acceptors (Lipinski definition) is 4. The van der Waals surface area contributed by atoms with Crippen LogP contribution in [0, 0.1) is 0 Å². The molecule has 5 nitrogen and oxygen atoms in total. The van der Waals surface area contributed by atoms with Crippen molar-refractivity contribution < 1.29 is 14.3 Å². The van der Waals surface area contributed by atoms with Gasteiger partial charge in [-0.2, -0.15) is 0 Å². The van der Waals surface area contributed by atoms with Gasteiger partial charge in [0.1, 0.15) is 17.2 Å². The lowest BCUT2D eigenvalue weighted by molar-refractivity contribution is 0.0950. The predicted octanol–water partition coefficient (Wildman–Crippen LogP) is 4.20. The van der Waals surface area contributed by atoms with E-state index in [1.54, 1.807) is 24.5 Å². The van der Waals surface area contributed by atoms with Gasteiger partial charge >= 0.3 is 0 Å². The summed E-state index contributed by atoms with van der Waals surface area (Å²) in [5.41, 5.74) is 1.48. The molecular weight excluding hydrogens is 328 g/mol. The SMILES string of the molecule is CCOc1cccc(Oc2cccc(CNC(=O)c3cccnc3)c2)c1. The van der Waals surface area contributed by atoms with Gasteiger partial charge in [-0.1, -0.05) is 18.2 Å². The molecule has 3 aromatic rings. The molecule has 0 aliphatic heterocycles. The Labute approximate surface area is 152 Å². The smallest absolute Gasteiger partial charge is 0.253 e. The third-order valence-corrected chi connectivity index (χ3v) is 3.63. The summed E-state index contributed by atoms with van der Waals surface area (Å²) in [6, 6.07) is 18.6. The fourth-order valence-corrected chi connectivity index (χ4v) is 2.43. The standard InChI is InChI=1S/C21H20N2O3/c1-2-25-18-8-4-10-20(13-18)26-19-9-3-6-16(12-19)14-23-21(24)17-7-5-11-22-15-17/h3-13,15H,2,14H2,1H3,(H,23,24). The highest BCUT2D eigenvalue weighted by Crippen LogP contribution is 2.25. The Bertz CT molecular complexity index is 866. The Morgan fingerprint density at radius 3 is 2.54 bits per heavy atom. The second-order valence-electron chi connectivity index (χ2n) is 5.58. The van der Waals surface area contributed by atoms with Gasteiger partial charge in [-0.25, -0.2) is 0 Å². The first-order chi connectivity index (χ1) is 12.7. The van der Waals surface area contributed by atoms with Crippen molar-refractivity contribution in [3.8, 4) is 17.2 Å². The molecule has 0 spiro atoms. The summed E-state index contributed by atoms with van der Waals surface area (Å²) >= 11 is 0. The normalized spacial score (nSPS) is 10.2. The first-order valence-corrected chi connectivity index (χ1v) is 8.42. The van der Waals surface area contributed by atoms with Crippen molar-refractivity contribution in [2.45, 2.75) is 13.5 Å². The van der Waals surface area contributed by atoms with Gasteiger partial charge < -0.3 is 14.8 Å². The van der Waals surface area contributed by atoms with Crippen molar-refractivity contribution in [1.29, 1.82) is 0 Å². The average molecular weight is 348 g/mol. The Morgan fingerprint density at radius 2 is 1.77 bits per heavy atom. The summed E-state index contributed by atoms with van der Waals surface area (Å²) < 4.78 is 11.4. The van der Waals surface area contributed by atoms with E-state index in [4.69, 9.17) is 9.47 Å². The van der Waals surface area contributed by atoms with E-state index in [-0.39, 0.29) is 5.91 Å². The summed E-state index contributed by atoms with van der Waals surface area (Å²) in [5, 5.41) is 2.88. The molecule has 26 heavy (non-hydrogen) atoms. The zero-order valence-corrected chi connectivity index (χ0v) is 14.5. The highest BCUT2D eigenvalue weighted by Gasteiger charge is 2.06. The van der Waals surface area contributed by atoms with Gasteiger partial charge in [0, 0.05) is 25.0 Å². The highest BCUT2D eigenvalue weighted by atomic mass is 16.5. The molecule has 0 atom stereocenters. The number of carbonyl (C=O) groups excluding carboxylic acids is 1. The van der Waals surface area contributed by atoms with Crippen LogP contribution in [-0.2, 0) is 6.54 Å². The third kappa shape index (κ3) is 4.83. The quantitative estimate of drug-likeness (QED) is 0.695. The van der Waals surface area contributed by atoms with Crippen molar-refractivity contribution in [1.82, 2.24) is 10.3 Å². The summed E-state index contributed by atoms with van der Waals surface area (Å²) in [6.07, 6.45) is 3.18. The van der Waals surface area contributed by atoms with Crippen molar-refractivity contribution in [3.05, 3.63) is 84.2 Å². The van der Waals surface area contributed by atoms with Gasteiger partial charge in [0.25, 0.3) is 5.91 Å². The maximum atomic E-state index is 12.1. The van der Waals surface area contributed by atoms with Crippen LogP contribution >= 0.6 is 0 Å². The van der Waals surface area contributed by atoms with Crippen LogP contribution < -0.4 is 14.8 Å². The average Bonchev–Trinajstić information content (AvgIpc) is 2.68. The van der Waals surface area contributed by atoms with E-state index in [9.17, 15) is 4.79 Å². The van der Waals surface area contributed by atoms with Crippen LogP contribution in [0.3, 0.4) is 0 Å². The number of aromatic nitrogens is 1. The lowest BCUT2D eigenvalue weighted by atomic mass is 10.2. The number of nitrogens with zero attached hydrogens (tertiary/aromatic N) is 1. The van der Waals surface area contributed by atoms with Gasteiger partial charge in [0.15, 0.2) is 0 Å². The van der Waals surface area contributed by atoms with Crippen LogP contribution in [0.25, 0.3) is 0 Å². The Morgan fingerprint density at radius 1 is 1.00 bits per heavy atom. The van der Waals surface area contributed by atoms with Gasteiger partial charge in [-0.3, -0.25) is 9.78 Å². The zero-order chi connectivity index (χ0) is 18.2. The van der Waals surface area contributed by atoms with E-state index < -0.39 is 0 Å². The Kier molecular flexibility index (Phi) is 5.83. The number of benzene rings is 2. The topological polar surface area (TPSA) is 60.5 Å². The number of pyridine rings is 1. The summed E-state index contributed by atoms with van der Waals surface area (Å²) in [6.45, 7) is 2.95. The van der Waals surface area contributed by atoms with Gasteiger partial charge in [0.2, 0.25) is 0 Å². The van der Waals surface area contributed by atoms with Crippen LogP contribution in [0.1, 0.15) is 22.8 Å². The van der Waals surface area contributed by atoms with Crippen LogP contribution in [0.15, 0.2) is 73.1 Å². The molecule has 0 radical (unpaired) electrons. The van der Waals surface area contributed by atoms with Gasteiger partial charge in [-0.05, 0) is 48.9 Å². The molecule has 1 heterocycles. The lowest BCUT2D eigenvalue weighted by Crippen LogP contribution is -2.22. The number of amides is 1. The Balaban J connectivity index is 1.63. The molecule has 0 saturated heterocycles. The second kappa shape index (κ2) is 8.67. The molecule has 5 heteroatoms. The van der Waals surface area contributed by atoms with Crippen LogP contribution in [0.5, 0.6) is 17.2 Å². The first-order valence-electron chi connectivity index (χ1n) is 8.42. The van der Waals surface area contributed by atoms with E-state index in [1.165, 1.54) is 0 Å². The summed E-state index contributed by atoms with van der Waals surface area (Å²) in [7, 11) is 0. The lowest BCUT2D eigenvalue weighted by Gasteiger charge is -2.10. The molecule has 0 bridgehead atoms. The molecule has 1 aromatic heterocycles. The molecule has 0 fully saturated rings. The van der Waals surface area contributed by atoms with E-state index in [0.717, 1.165) is 11.3 Å². The van der Waals surface area contributed by atoms with E-state index in [2.05, 4.69) is 10.3 Å². The van der Waals surface area contributed by atoms with Crippen molar-refractivity contribution in [2.75, 3.05) is 6.61 Å². The van der Waals surface area contributed by atoms with Crippen molar-refractivity contribution in [3.63, 3.8) is 0 Å². The number of carbonyl (C=O) groups is 1. The summed E-state index contributed by atoms with van der Waals surface area (Å²) in [4.78, 5) is 16.0. The molecule has 2 aromatic carbocycles. The molecule has 0 aliphatic carbocycles. The van der Waals surface area contributed by atoms with Crippen LogP contribution in [0.4, 0.5) is 0 Å². The minimum absolute atomic E-state index is 0.158. The molecule has 1 amide bonds. The minimum atomic E-state index is -0.158. The molecule has 0 unspecified atom stereocenters. The Hall–Kier alpha value is -3.34. The molecule has 1 N–H and O–H groups in total. The van der Waals surface area contributed by atoms with Crippen molar-refractivity contribution in [2.24, 2.45) is 0 Å². The molecule has 0 aliphatic rings. The highest BCUT2D eigenvalue weighted by molar-refractivity contribution is 5.93. The fraction of sp³-hybridized carbons (Fsp3) is 0.143. The number of ether oxygens (including phenoxy) is 2. The number of nitrogens with one attached hydrogen (secondary N) is 1. The molecule has 0 saturated carbocycles. The van der Waals surface area contributed by atoms with Crippen LogP contribution in [-0.4, -0.2) is 17.5 Å². The number of rotatable bonds is 7. The maximum Gasteiger partial charge on any atom is 0.253 e. The van der Waals surface area contributed by atoms with E-state index in [0.29, 0.717) is 30.2 Å². The van der Waals surface area contributed by atoms with E-state index in [1.807, 2.05) is 55.5 Å². The fourth-order valence-electron chi connectivity index (χ4n) is 2.43. The largest absolute Gasteiger partial charge is 0.494 e.